The van der Waals surface area contributed by atoms with E-state index in [-0.39, 0.29) is 12.6 Å². The normalized spacial score (nSPS) is 10.5. The van der Waals surface area contributed by atoms with Gasteiger partial charge in [0.1, 0.15) is 12.1 Å². The molecule has 0 atom stereocenters. The van der Waals surface area contributed by atoms with Crippen molar-refractivity contribution in [2.75, 3.05) is 6.54 Å². The van der Waals surface area contributed by atoms with Gasteiger partial charge in [0.2, 0.25) is 0 Å². The van der Waals surface area contributed by atoms with Crippen molar-refractivity contribution in [3.05, 3.63) is 33.8 Å². The van der Waals surface area contributed by atoms with Gasteiger partial charge in [0, 0.05) is 10.0 Å². The lowest BCUT2D eigenvalue weighted by molar-refractivity contribution is -0.146. The number of rotatable bonds is 3. The largest absolute Gasteiger partial charge is 0.462 e. The van der Waals surface area contributed by atoms with Gasteiger partial charge < -0.3 is 14.8 Å². The molecule has 0 fully saturated rings. The molecule has 0 bridgehead atoms. The van der Waals surface area contributed by atoms with Gasteiger partial charge in [-0.1, -0.05) is 29.3 Å². The topological polar surface area (TPSA) is 64.6 Å². The lowest BCUT2D eigenvalue weighted by atomic mass is 10.2. The summed E-state index contributed by atoms with van der Waals surface area (Å²) >= 11 is 11.4. The zero-order valence-corrected chi connectivity index (χ0v) is 16.4. The highest BCUT2D eigenvalue weighted by atomic mass is 35.5. The van der Waals surface area contributed by atoms with Crippen molar-refractivity contribution in [2.24, 2.45) is 0 Å². The third-order valence-corrected chi connectivity index (χ3v) is 2.92. The van der Waals surface area contributed by atoms with E-state index in [2.05, 4.69) is 5.32 Å². The summed E-state index contributed by atoms with van der Waals surface area (Å²) < 4.78 is 9.76. The number of nitrogens with one attached hydrogen (secondary N) is 1. The molecular formula is C17H25Cl2NO4. The molecule has 24 heavy (non-hydrogen) atoms. The van der Waals surface area contributed by atoms with Crippen molar-refractivity contribution in [2.45, 2.75) is 53.2 Å². The fourth-order valence-electron chi connectivity index (χ4n) is 1.33. The first-order chi connectivity index (χ1) is 10.9. The Morgan fingerprint density at radius 1 is 1.21 bits per heavy atom. The predicted molar refractivity (Wildman–Crippen MR) is 96.7 cm³/mol. The first-order valence-corrected chi connectivity index (χ1v) is 8.24. The average molecular weight is 378 g/mol. The number of benzene rings is 1. The highest BCUT2D eigenvalue weighted by molar-refractivity contribution is 6.35. The molecule has 0 spiro atoms. The second-order valence-electron chi connectivity index (χ2n) is 6.29. The second kappa shape index (κ2) is 10.4. The maximum Gasteiger partial charge on any atom is 0.408 e. The lowest BCUT2D eigenvalue weighted by Gasteiger charge is -2.19. The van der Waals surface area contributed by atoms with Crippen LogP contribution in [-0.4, -0.2) is 30.3 Å². The molecule has 0 unspecified atom stereocenters. The van der Waals surface area contributed by atoms with Gasteiger partial charge in [-0.25, -0.2) is 4.79 Å². The van der Waals surface area contributed by atoms with Crippen LogP contribution in [0.4, 0.5) is 4.79 Å². The number of hydrogen-bond acceptors (Lipinski definition) is 4. The zero-order chi connectivity index (χ0) is 18.9. The molecule has 0 saturated carbocycles. The van der Waals surface area contributed by atoms with E-state index in [1.54, 1.807) is 40.7 Å². The molecule has 0 aliphatic carbocycles. The van der Waals surface area contributed by atoms with Crippen LogP contribution in [0.5, 0.6) is 0 Å². The van der Waals surface area contributed by atoms with E-state index in [9.17, 15) is 9.59 Å². The van der Waals surface area contributed by atoms with Crippen LogP contribution in [0.2, 0.25) is 10.0 Å². The smallest absolute Gasteiger partial charge is 0.408 e. The Labute approximate surface area is 153 Å². The van der Waals surface area contributed by atoms with Gasteiger partial charge in [-0.05, 0) is 59.2 Å². The number of amides is 1. The van der Waals surface area contributed by atoms with Crippen LogP contribution >= 0.6 is 23.2 Å². The number of hydrogen-bond donors (Lipinski definition) is 1. The highest BCUT2D eigenvalue weighted by Gasteiger charge is 2.16. The van der Waals surface area contributed by atoms with Gasteiger partial charge in [-0.2, -0.15) is 0 Å². The van der Waals surface area contributed by atoms with Crippen molar-refractivity contribution < 1.29 is 19.1 Å². The maximum atomic E-state index is 11.1. The summed E-state index contributed by atoms with van der Waals surface area (Å²) in [5.41, 5.74) is 0.493. The van der Waals surface area contributed by atoms with Crippen LogP contribution in [0.15, 0.2) is 18.2 Å². The Morgan fingerprint density at radius 3 is 2.21 bits per heavy atom. The van der Waals surface area contributed by atoms with Crippen LogP contribution in [0.25, 0.3) is 0 Å². The number of aryl methyl sites for hydroxylation is 1. The molecule has 0 aromatic heterocycles. The molecule has 5 nitrogen and oxygen atoms in total. The first-order valence-electron chi connectivity index (χ1n) is 7.48. The fraction of sp³-hybridized carbons (Fsp3) is 0.529. The third kappa shape index (κ3) is 12.0. The molecule has 7 heteroatoms. The summed E-state index contributed by atoms with van der Waals surface area (Å²) in [5, 5.41) is 3.72. The number of alkyl carbamates (subject to hydrolysis) is 1. The molecule has 136 valence electrons. The Morgan fingerprint density at radius 2 is 1.79 bits per heavy atom. The number of esters is 1. The Bertz CT molecular complexity index is 554. The van der Waals surface area contributed by atoms with Crippen molar-refractivity contribution >= 4 is 35.3 Å². The second-order valence-corrected chi connectivity index (χ2v) is 7.13. The monoisotopic (exact) mass is 377 g/mol. The standard InChI is InChI=1S/C10H19NO4.C7H6Cl2/c1-7(2)14-8(12)6-11-9(13)15-10(3,4)5;1-5-2-3-6(8)4-7(5)9/h7H,6H2,1-5H3,(H,11,13);2-4H,1H3. The van der Waals surface area contributed by atoms with Gasteiger partial charge in [-0.15, -0.1) is 0 Å². The molecular weight excluding hydrogens is 353 g/mol. The Kier molecular flexibility index (Phi) is 9.78. The highest BCUT2D eigenvalue weighted by Crippen LogP contribution is 2.19. The lowest BCUT2D eigenvalue weighted by Crippen LogP contribution is -2.36. The number of carbonyl (C=O) groups is 2. The minimum atomic E-state index is -0.622. The molecule has 0 heterocycles. The van der Waals surface area contributed by atoms with Gasteiger partial charge in [0.15, 0.2) is 0 Å². The first kappa shape index (κ1) is 22.5. The average Bonchev–Trinajstić information content (AvgIpc) is 2.39. The summed E-state index contributed by atoms with van der Waals surface area (Å²) in [7, 11) is 0. The van der Waals surface area contributed by atoms with Gasteiger partial charge in [-0.3, -0.25) is 4.79 Å². The number of ether oxygens (including phenoxy) is 2. The predicted octanol–water partition coefficient (Wildman–Crippen LogP) is 4.76. The molecule has 1 rings (SSSR count). The van der Waals surface area contributed by atoms with Crippen LogP contribution in [-0.2, 0) is 14.3 Å². The van der Waals surface area contributed by atoms with E-state index < -0.39 is 17.7 Å². The molecule has 0 aliphatic heterocycles. The molecule has 0 aliphatic rings. The minimum absolute atomic E-state index is 0.174. The van der Waals surface area contributed by atoms with Gasteiger partial charge in [0.05, 0.1) is 6.10 Å². The molecule has 1 amide bonds. The summed E-state index contributed by atoms with van der Waals surface area (Å²) in [6.07, 6.45) is -0.804. The van der Waals surface area contributed by atoms with Crippen LogP contribution in [0.1, 0.15) is 40.2 Å². The summed E-state index contributed by atoms with van der Waals surface area (Å²) in [5.74, 6) is -0.476. The summed E-state index contributed by atoms with van der Waals surface area (Å²) in [6, 6.07) is 5.45. The molecule has 1 N–H and O–H groups in total. The van der Waals surface area contributed by atoms with E-state index in [1.807, 2.05) is 19.1 Å². The fourth-order valence-corrected chi connectivity index (χ4v) is 1.74. The summed E-state index contributed by atoms with van der Waals surface area (Å²) in [6.45, 7) is 10.5. The Balaban J connectivity index is 0.000000496. The van der Waals surface area contributed by atoms with Crippen molar-refractivity contribution in [3.63, 3.8) is 0 Å². The van der Waals surface area contributed by atoms with Crippen LogP contribution in [0, 0.1) is 6.92 Å². The van der Waals surface area contributed by atoms with Crippen LogP contribution in [0.3, 0.4) is 0 Å². The van der Waals surface area contributed by atoms with Crippen LogP contribution < -0.4 is 5.32 Å². The van der Waals surface area contributed by atoms with E-state index in [4.69, 9.17) is 32.7 Å². The number of halogens is 2. The summed E-state index contributed by atoms with van der Waals surface area (Å²) in [4.78, 5) is 22.1. The van der Waals surface area contributed by atoms with E-state index in [0.29, 0.717) is 5.02 Å². The molecule has 0 saturated heterocycles. The quantitative estimate of drug-likeness (QED) is 0.770. The van der Waals surface area contributed by atoms with Crippen molar-refractivity contribution in [1.82, 2.24) is 5.32 Å². The maximum absolute atomic E-state index is 11.1. The van der Waals surface area contributed by atoms with Gasteiger partial charge in [0.25, 0.3) is 0 Å². The third-order valence-electron chi connectivity index (χ3n) is 2.28. The van der Waals surface area contributed by atoms with E-state index >= 15 is 0 Å². The molecule has 1 aromatic rings. The van der Waals surface area contributed by atoms with E-state index in [0.717, 1.165) is 10.6 Å². The molecule has 1 aromatic carbocycles. The SMILES string of the molecule is CC(C)OC(=O)CNC(=O)OC(C)(C)C.Cc1ccc(Cl)cc1Cl. The molecule has 0 radical (unpaired) electrons. The van der Waals surface area contributed by atoms with Gasteiger partial charge >= 0.3 is 12.1 Å². The number of carbonyl (C=O) groups excluding carboxylic acids is 2. The zero-order valence-electron chi connectivity index (χ0n) is 14.9. The minimum Gasteiger partial charge on any atom is -0.462 e. The van der Waals surface area contributed by atoms with Crippen molar-refractivity contribution in [3.8, 4) is 0 Å². The Hall–Kier alpha value is -1.46. The van der Waals surface area contributed by atoms with E-state index in [1.165, 1.54) is 0 Å². The van der Waals surface area contributed by atoms with Crippen molar-refractivity contribution in [1.29, 1.82) is 0 Å².